The van der Waals surface area contributed by atoms with Crippen LogP contribution in [0, 0.1) is 0 Å². The van der Waals surface area contributed by atoms with Crippen molar-refractivity contribution < 1.29 is 14.4 Å². The molecule has 0 aliphatic carbocycles. The van der Waals surface area contributed by atoms with Crippen molar-refractivity contribution in [3.63, 3.8) is 0 Å². The lowest BCUT2D eigenvalue weighted by atomic mass is 10.3. The summed E-state index contributed by atoms with van der Waals surface area (Å²) in [5, 5.41) is 8.02. The molecule has 0 saturated heterocycles. The van der Waals surface area contributed by atoms with Gasteiger partial charge in [0.05, 0.1) is 17.3 Å². The van der Waals surface area contributed by atoms with Crippen LogP contribution in [0.3, 0.4) is 0 Å². The predicted molar refractivity (Wildman–Crippen MR) is 93.2 cm³/mol. The van der Waals surface area contributed by atoms with Gasteiger partial charge in [-0.1, -0.05) is 35.3 Å². The van der Waals surface area contributed by atoms with Gasteiger partial charge in [-0.15, -0.1) is 0 Å². The smallest absolute Gasteiger partial charge is 0.313 e. The minimum absolute atomic E-state index is 0.363. The predicted octanol–water partition coefficient (Wildman–Crippen LogP) is 2.69. The first-order valence-corrected chi connectivity index (χ1v) is 7.60. The van der Waals surface area contributed by atoms with Crippen LogP contribution in [0.25, 0.3) is 0 Å². The number of para-hydroxylation sites is 1. The highest BCUT2D eigenvalue weighted by Crippen LogP contribution is 2.20. The summed E-state index contributed by atoms with van der Waals surface area (Å²) in [5.41, 5.74) is 0.837. The number of nitrogens with one attached hydrogen (secondary N) is 3. The van der Waals surface area contributed by atoms with E-state index in [0.717, 1.165) is 0 Å². The van der Waals surface area contributed by atoms with E-state index >= 15 is 0 Å². The molecule has 3 N–H and O–H groups in total. The quantitative estimate of drug-likeness (QED) is 0.727. The Morgan fingerprint density at radius 1 is 0.833 bits per heavy atom. The number of anilines is 2. The largest absolute Gasteiger partial charge is 0.339 e. The Morgan fingerprint density at radius 3 is 2.17 bits per heavy atom. The molecule has 0 fully saturated rings. The van der Waals surface area contributed by atoms with Gasteiger partial charge in [0.25, 0.3) is 0 Å². The van der Waals surface area contributed by atoms with E-state index in [-0.39, 0.29) is 6.54 Å². The Balaban J connectivity index is 1.81. The summed E-state index contributed by atoms with van der Waals surface area (Å²) in [6.07, 6.45) is 0. The Kier molecular flexibility index (Phi) is 6.17. The van der Waals surface area contributed by atoms with Crippen LogP contribution in [-0.4, -0.2) is 24.3 Å². The van der Waals surface area contributed by atoms with E-state index in [0.29, 0.717) is 21.4 Å². The Labute approximate surface area is 148 Å². The first kappa shape index (κ1) is 17.8. The lowest BCUT2D eigenvalue weighted by Crippen LogP contribution is -2.39. The number of amides is 3. The zero-order valence-corrected chi connectivity index (χ0v) is 13.8. The van der Waals surface area contributed by atoms with Gasteiger partial charge in [0.2, 0.25) is 5.91 Å². The molecular weight excluding hydrogens is 353 g/mol. The summed E-state index contributed by atoms with van der Waals surface area (Å²) >= 11 is 11.6. The Morgan fingerprint density at radius 2 is 1.50 bits per heavy atom. The normalized spacial score (nSPS) is 9.92. The lowest BCUT2D eigenvalue weighted by Gasteiger charge is -2.08. The molecule has 0 aromatic heterocycles. The van der Waals surface area contributed by atoms with E-state index < -0.39 is 17.7 Å². The van der Waals surface area contributed by atoms with Crippen molar-refractivity contribution in [1.29, 1.82) is 0 Å². The van der Waals surface area contributed by atoms with Crippen LogP contribution in [-0.2, 0) is 14.4 Å². The zero-order chi connectivity index (χ0) is 17.5. The highest BCUT2D eigenvalue weighted by molar-refractivity contribution is 6.40. The molecule has 24 heavy (non-hydrogen) atoms. The molecule has 124 valence electrons. The molecule has 0 heterocycles. The van der Waals surface area contributed by atoms with E-state index in [9.17, 15) is 14.4 Å². The van der Waals surface area contributed by atoms with Crippen molar-refractivity contribution in [2.45, 2.75) is 0 Å². The Bertz CT molecular complexity index is 763. The second kappa shape index (κ2) is 8.33. The van der Waals surface area contributed by atoms with Crippen molar-refractivity contribution in [2.75, 3.05) is 17.2 Å². The molecule has 3 amide bonds. The molecule has 0 aliphatic rings. The summed E-state index contributed by atoms with van der Waals surface area (Å²) in [6.45, 7) is -0.363. The third-order valence-corrected chi connectivity index (χ3v) is 3.45. The first-order chi connectivity index (χ1) is 11.5. The maximum Gasteiger partial charge on any atom is 0.313 e. The Hall–Kier alpha value is -2.57. The number of rotatable bonds is 4. The fourth-order valence-electron chi connectivity index (χ4n) is 1.72. The average Bonchev–Trinajstić information content (AvgIpc) is 2.57. The SMILES string of the molecule is O=C(CNC(=O)C(=O)Nc1ccc(Cl)cc1)Nc1ccccc1Cl. The molecule has 0 radical (unpaired) electrons. The van der Waals surface area contributed by atoms with Crippen LogP contribution in [0.5, 0.6) is 0 Å². The molecule has 0 saturated carbocycles. The lowest BCUT2D eigenvalue weighted by molar-refractivity contribution is -0.136. The van der Waals surface area contributed by atoms with Crippen LogP contribution in [0.2, 0.25) is 10.0 Å². The second-order valence-electron chi connectivity index (χ2n) is 4.67. The van der Waals surface area contributed by atoms with Crippen LogP contribution >= 0.6 is 23.2 Å². The van der Waals surface area contributed by atoms with Crippen LogP contribution < -0.4 is 16.0 Å². The highest BCUT2D eigenvalue weighted by Gasteiger charge is 2.15. The fourth-order valence-corrected chi connectivity index (χ4v) is 2.03. The fraction of sp³-hybridized carbons (Fsp3) is 0.0625. The molecular formula is C16H13Cl2N3O3. The summed E-state index contributed by atoms with van der Waals surface area (Å²) in [7, 11) is 0. The average molecular weight is 366 g/mol. The number of carbonyl (C=O) groups is 3. The summed E-state index contributed by atoms with van der Waals surface area (Å²) < 4.78 is 0. The number of benzene rings is 2. The van der Waals surface area contributed by atoms with Crippen LogP contribution in [0.15, 0.2) is 48.5 Å². The van der Waals surface area contributed by atoms with Gasteiger partial charge in [-0.05, 0) is 36.4 Å². The van der Waals surface area contributed by atoms with Crippen molar-refractivity contribution in [1.82, 2.24) is 5.32 Å². The van der Waals surface area contributed by atoms with Crippen molar-refractivity contribution in [3.8, 4) is 0 Å². The number of hydrogen-bond acceptors (Lipinski definition) is 3. The molecule has 0 aliphatic heterocycles. The van der Waals surface area contributed by atoms with Crippen molar-refractivity contribution in [3.05, 3.63) is 58.6 Å². The molecule has 8 heteroatoms. The number of hydrogen-bond donors (Lipinski definition) is 3. The highest BCUT2D eigenvalue weighted by atomic mass is 35.5. The van der Waals surface area contributed by atoms with E-state index in [1.54, 1.807) is 48.5 Å². The van der Waals surface area contributed by atoms with Gasteiger partial charge in [0.1, 0.15) is 0 Å². The maximum absolute atomic E-state index is 11.8. The first-order valence-electron chi connectivity index (χ1n) is 6.85. The zero-order valence-electron chi connectivity index (χ0n) is 12.3. The summed E-state index contributed by atoms with van der Waals surface area (Å²) in [4.78, 5) is 35.2. The molecule has 0 unspecified atom stereocenters. The monoisotopic (exact) mass is 365 g/mol. The molecule has 0 bridgehead atoms. The molecule has 2 aromatic carbocycles. The molecule has 2 aromatic rings. The van der Waals surface area contributed by atoms with Gasteiger partial charge in [-0.25, -0.2) is 0 Å². The standard InChI is InChI=1S/C16H13Cl2N3O3/c17-10-5-7-11(8-6-10)20-16(24)15(23)19-9-14(22)21-13-4-2-1-3-12(13)18/h1-8H,9H2,(H,19,23)(H,20,24)(H,21,22). The topological polar surface area (TPSA) is 87.3 Å². The second-order valence-corrected chi connectivity index (χ2v) is 5.52. The van der Waals surface area contributed by atoms with Crippen molar-refractivity contribution >= 4 is 52.3 Å². The minimum Gasteiger partial charge on any atom is -0.339 e. The third-order valence-electron chi connectivity index (χ3n) is 2.87. The van der Waals surface area contributed by atoms with Gasteiger partial charge < -0.3 is 16.0 Å². The van der Waals surface area contributed by atoms with Gasteiger partial charge in [0, 0.05) is 10.7 Å². The van der Waals surface area contributed by atoms with E-state index in [1.807, 2.05) is 0 Å². The molecule has 0 spiro atoms. The van der Waals surface area contributed by atoms with Gasteiger partial charge in [-0.2, -0.15) is 0 Å². The van der Waals surface area contributed by atoms with E-state index in [4.69, 9.17) is 23.2 Å². The van der Waals surface area contributed by atoms with E-state index in [1.165, 1.54) is 0 Å². The molecule has 0 atom stereocenters. The third kappa shape index (κ3) is 5.26. The minimum atomic E-state index is -0.931. The van der Waals surface area contributed by atoms with Crippen LogP contribution in [0.4, 0.5) is 11.4 Å². The van der Waals surface area contributed by atoms with Crippen molar-refractivity contribution in [2.24, 2.45) is 0 Å². The maximum atomic E-state index is 11.8. The van der Waals surface area contributed by atoms with Gasteiger partial charge in [0.15, 0.2) is 0 Å². The summed E-state index contributed by atoms with van der Waals surface area (Å²) in [5.74, 6) is -2.32. The van der Waals surface area contributed by atoms with Crippen LogP contribution in [0.1, 0.15) is 0 Å². The van der Waals surface area contributed by atoms with E-state index in [2.05, 4.69) is 16.0 Å². The van der Waals surface area contributed by atoms with Gasteiger partial charge in [-0.3, -0.25) is 14.4 Å². The number of carbonyl (C=O) groups excluding carboxylic acids is 3. The summed E-state index contributed by atoms with van der Waals surface area (Å²) in [6, 6.07) is 12.9. The number of halogens is 2. The van der Waals surface area contributed by atoms with Gasteiger partial charge >= 0.3 is 11.8 Å². The molecule has 2 rings (SSSR count). The molecule has 6 nitrogen and oxygen atoms in total.